The molecule has 0 saturated heterocycles. The van der Waals surface area contributed by atoms with Gasteiger partial charge >= 0.3 is 5.97 Å². The predicted octanol–water partition coefficient (Wildman–Crippen LogP) is 4.12. The summed E-state index contributed by atoms with van der Waals surface area (Å²) in [6.07, 6.45) is 3.65. The fourth-order valence-electron chi connectivity index (χ4n) is 3.36. The van der Waals surface area contributed by atoms with Crippen molar-refractivity contribution in [3.8, 4) is 17.2 Å². The number of halogens is 1. The van der Waals surface area contributed by atoms with Crippen LogP contribution in [0, 0.1) is 5.82 Å². The van der Waals surface area contributed by atoms with Gasteiger partial charge in [-0.15, -0.1) is 0 Å². The maximum Gasteiger partial charge on any atom is 0.364 e. The molecule has 6 heteroatoms. The maximum absolute atomic E-state index is 13.3. The monoisotopic (exact) mass is 366 g/mol. The van der Waals surface area contributed by atoms with E-state index in [0.717, 1.165) is 42.6 Å². The summed E-state index contributed by atoms with van der Waals surface area (Å²) in [5, 5.41) is 4.52. The first kappa shape index (κ1) is 17.3. The topological polar surface area (TPSA) is 53.4 Å². The van der Waals surface area contributed by atoms with E-state index in [2.05, 4.69) is 5.10 Å². The van der Waals surface area contributed by atoms with Gasteiger partial charge in [0.1, 0.15) is 17.3 Å². The van der Waals surface area contributed by atoms with E-state index in [0.29, 0.717) is 17.2 Å². The summed E-state index contributed by atoms with van der Waals surface area (Å²) in [6.45, 7) is 0. The van der Waals surface area contributed by atoms with Gasteiger partial charge in [-0.3, -0.25) is 0 Å². The zero-order valence-corrected chi connectivity index (χ0v) is 14.9. The van der Waals surface area contributed by atoms with Crippen molar-refractivity contribution in [2.45, 2.75) is 25.7 Å². The summed E-state index contributed by atoms with van der Waals surface area (Å²) in [5.41, 5.74) is 2.97. The van der Waals surface area contributed by atoms with Crippen LogP contribution < -0.4 is 9.47 Å². The van der Waals surface area contributed by atoms with Gasteiger partial charge in [-0.1, -0.05) is 0 Å². The van der Waals surface area contributed by atoms with Gasteiger partial charge in [0.15, 0.2) is 5.69 Å². The fourth-order valence-corrected chi connectivity index (χ4v) is 3.36. The van der Waals surface area contributed by atoms with Crippen molar-refractivity contribution in [1.82, 2.24) is 9.78 Å². The number of aromatic nitrogens is 2. The first-order valence-electron chi connectivity index (χ1n) is 8.88. The van der Waals surface area contributed by atoms with Gasteiger partial charge in [0.05, 0.1) is 12.8 Å². The largest absolute Gasteiger partial charge is 0.497 e. The van der Waals surface area contributed by atoms with Crippen molar-refractivity contribution in [3.05, 3.63) is 71.3 Å². The Morgan fingerprint density at radius 1 is 1.00 bits per heavy atom. The molecule has 1 aliphatic carbocycles. The quantitative estimate of drug-likeness (QED) is 0.515. The Morgan fingerprint density at radius 2 is 1.67 bits per heavy atom. The molecule has 0 unspecified atom stereocenters. The molecule has 0 radical (unpaired) electrons. The number of hydrogen-bond donors (Lipinski definition) is 0. The van der Waals surface area contributed by atoms with Crippen molar-refractivity contribution in [3.63, 3.8) is 0 Å². The lowest BCUT2D eigenvalue weighted by Crippen LogP contribution is -2.13. The van der Waals surface area contributed by atoms with Crippen LogP contribution in [0.3, 0.4) is 0 Å². The minimum absolute atomic E-state index is 0.307. The Labute approximate surface area is 156 Å². The van der Waals surface area contributed by atoms with Crippen LogP contribution in [0.15, 0.2) is 48.5 Å². The van der Waals surface area contributed by atoms with Crippen molar-refractivity contribution in [2.24, 2.45) is 0 Å². The SMILES string of the molecule is COc1ccc(OC(=O)c2nn(-c3ccc(F)cc3)c3c2CCCC3)cc1. The molecule has 2 aromatic carbocycles. The molecule has 4 rings (SSSR count). The third-order valence-electron chi connectivity index (χ3n) is 4.71. The van der Waals surface area contributed by atoms with Gasteiger partial charge in [-0.2, -0.15) is 5.10 Å². The van der Waals surface area contributed by atoms with E-state index >= 15 is 0 Å². The smallest absolute Gasteiger partial charge is 0.364 e. The molecular formula is C21H19FN2O3. The summed E-state index contributed by atoms with van der Waals surface area (Å²) < 4.78 is 25.6. The van der Waals surface area contributed by atoms with Crippen LogP contribution in [0.25, 0.3) is 5.69 Å². The molecule has 1 aliphatic rings. The van der Waals surface area contributed by atoms with Crippen molar-refractivity contribution >= 4 is 5.97 Å². The van der Waals surface area contributed by atoms with E-state index in [1.165, 1.54) is 12.1 Å². The second-order valence-corrected chi connectivity index (χ2v) is 6.43. The summed E-state index contributed by atoms with van der Waals surface area (Å²) >= 11 is 0. The highest BCUT2D eigenvalue weighted by molar-refractivity contribution is 5.91. The molecule has 0 N–H and O–H groups in total. The van der Waals surface area contributed by atoms with E-state index in [9.17, 15) is 9.18 Å². The molecule has 0 atom stereocenters. The summed E-state index contributed by atoms with van der Waals surface area (Å²) in [4.78, 5) is 12.7. The Balaban J connectivity index is 1.67. The van der Waals surface area contributed by atoms with Crippen LogP contribution in [0.4, 0.5) is 4.39 Å². The van der Waals surface area contributed by atoms with E-state index < -0.39 is 5.97 Å². The first-order valence-corrected chi connectivity index (χ1v) is 8.88. The van der Waals surface area contributed by atoms with Gasteiger partial charge < -0.3 is 9.47 Å². The van der Waals surface area contributed by atoms with E-state index in [1.54, 1.807) is 48.2 Å². The van der Waals surface area contributed by atoms with E-state index in [1.807, 2.05) is 0 Å². The van der Waals surface area contributed by atoms with E-state index in [4.69, 9.17) is 9.47 Å². The lowest BCUT2D eigenvalue weighted by Gasteiger charge is -2.14. The highest BCUT2D eigenvalue weighted by Gasteiger charge is 2.26. The number of rotatable bonds is 4. The van der Waals surface area contributed by atoms with Crippen LogP contribution in [0.1, 0.15) is 34.6 Å². The Kier molecular flexibility index (Phi) is 4.62. The number of methoxy groups -OCH3 is 1. The van der Waals surface area contributed by atoms with Gasteiger partial charge in [-0.25, -0.2) is 13.9 Å². The number of esters is 1. The number of carbonyl (C=O) groups is 1. The molecule has 3 aromatic rings. The average molecular weight is 366 g/mol. The number of fused-ring (bicyclic) bond motifs is 1. The molecule has 0 fully saturated rings. The zero-order valence-electron chi connectivity index (χ0n) is 14.9. The third-order valence-corrected chi connectivity index (χ3v) is 4.71. The molecule has 1 heterocycles. The van der Waals surface area contributed by atoms with Crippen LogP contribution >= 0.6 is 0 Å². The highest BCUT2D eigenvalue weighted by atomic mass is 19.1. The molecule has 27 heavy (non-hydrogen) atoms. The minimum atomic E-state index is -0.487. The molecule has 0 bridgehead atoms. The second-order valence-electron chi connectivity index (χ2n) is 6.43. The Morgan fingerprint density at radius 3 is 2.37 bits per heavy atom. The summed E-state index contributed by atoms with van der Waals surface area (Å²) in [7, 11) is 1.58. The van der Waals surface area contributed by atoms with Gasteiger partial charge in [0, 0.05) is 11.3 Å². The van der Waals surface area contributed by atoms with E-state index in [-0.39, 0.29) is 5.82 Å². The predicted molar refractivity (Wildman–Crippen MR) is 98.1 cm³/mol. The lowest BCUT2D eigenvalue weighted by atomic mass is 9.95. The van der Waals surface area contributed by atoms with Crippen LogP contribution in [-0.4, -0.2) is 22.9 Å². The number of ether oxygens (including phenoxy) is 2. The maximum atomic E-state index is 13.3. The normalized spacial score (nSPS) is 13.1. The van der Waals surface area contributed by atoms with Crippen molar-refractivity contribution in [2.75, 3.05) is 7.11 Å². The molecular weight excluding hydrogens is 347 g/mol. The number of benzene rings is 2. The Bertz CT molecular complexity index is 962. The van der Waals surface area contributed by atoms with Crippen LogP contribution in [0.2, 0.25) is 0 Å². The standard InChI is InChI=1S/C21H19FN2O3/c1-26-16-10-12-17(13-11-16)27-21(25)20-18-4-2-3-5-19(18)24(23-20)15-8-6-14(22)7-9-15/h6-13H,2-5H2,1H3. The zero-order chi connectivity index (χ0) is 18.8. The van der Waals surface area contributed by atoms with Crippen molar-refractivity contribution in [1.29, 1.82) is 0 Å². The number of hydrogen-bond acceptors (Lipinski definition) is 4. The molecule has 0 saturated carbocycles. The molecule has 0 amide bonds. The van der Waals surface area contributed by atoms with Gasteiger partial charge in [0.25, 0.3) is 0 Å². The minimum Gasteiger partial charge on any atom is -0.497 e. The molecule has 0 aliphatic heterocycles. The van der Waals surface area contributed by atoms with Crippen LogP contribution in [0.5, 0.6) is 11.5 Å². The average Bonchev–Trinajstić information content (AvgIpc) is 3.09. The molecule has 5 nitrogen and oxygen atoms in total. The highest BCUT2D eigenvalue weighted by Crippen LogP contribution is 2.28. The molecule has 138 valence electrons. The fraction of sp³-hybridized carbons (Fsp3) is 0.238. The van der Waals surface area contributed by atoms with Crippen LogP contribution in [-0.2, 0) is 12.8 Å². The number of carbonyl (C=O) groups excluding carboxylic acids is 1. The summed E-state index contributed by atoms with van der Waals surface area (Å²) in [6, 6.07) is 12.9. The van der Waals surface area contributed by atoms with Crippen molar-refractivity contribution < 1.29 is 18.7 Å². The molecule has 0 spiro atoms. The summed E-state index contributed by atoms with van der Waals surface area (Å²) in [5.74, 6) is 0.326. The van der Waals surface area contributed by atoms with Gasteiger partial charge in [-0.05, 0) is 74.2 Å². The second kappa shape index (κ2) is 7.23. The molecule has 1 aromatic heterocycles. The van der Waals surface area contributed by atoms with Gasteiger partial charge in [0.2, 0.25) is 0 Å². The Hall–Kier alpha value is -3.15. The first-order chi connectivity index (χ1) is 13.2. The lowest BCUT2D eigenvalue weighted by molar-refractivity contribution is 0.0726. The number of nitrogens with zero attached hydrogens (tertiary/aromatic N) is 2. The third kappa shape index (κ3) is 3.43.